The van der Waals surface area contributed by atoms with Crippen LogP contribution in [0.1, 0.15) is 44.5 Å². The number of hydrogen-bond acceptors (Lipinski definition) is 15. The molecule has 4 aromatic rings. The standard InChI is InChI=1S/C14H10Cl2N2O3.C9H9ClO3.C9H16O9.C7H5NO4/c15-10-5-2-6-11(12(10)16)18-14(21)17-9-4-1-3-8(7-9)13(19)20;1-6(9(11)12)13-8-4-2-7(10)3-5-8;10-2-5(13)7(15)8(16)6(14)3(11)1-4(12)9(17)18;9-6(10)4-1-2-8-5(3-4)7(11)12/h1-7H,(H,19,20)(H2,17,18,21);2-6H,1H3,(H,11,12);3,5-8,10-11,13-16H,1-2H2,(H,17,18);1-3H,(H,9,10)(H,11,12)/t;;3-,5+,6+,7+,8+;/m..0./s1. The number of carbonyl (C=O) groups is 7. The number of rotatable bonds is 16. The number of nitrogens with one attached hydrogen (secondary N) is 2. The number of hydrogen-bond donors (Lipinski definition) is 13. The molecule has 0 spiro atoms. The molecule has 0 radical (unpaired) electrons. The number of Topliss-reactive ketones (excluding diaryl/α,β-unsaturated/α-hetero) is 1. The van der Waals surface area contributed by atoms with E-state index in [0.29, 0.717) is 27.2 Å². The summed E-state index contributed by atoms with van der Waals surface area (Å²) in [5.74, 6) is -7.16. The number of carbonyl (C=O) groups excluding carboxylic acids is 2. The van der Waals surface area contributed by atoms with E-state index in [9.17, 15) is 54.0 Å². The number of carboxylic acids is 5. The van der Waals surface area contributed by atoms with E-state index < -0.39 is 91.3 Å². The number of amides is 2. The highest BCUT2D eigenvalue weighted by atomic mass is 35.5. The fraction of sp³-hybridized carbons (Fsp3) is 0.231. The van der Waals surface area contributed by atoms with Crippen molar-refractivity contribution in [1.29, 1.82) is 0 Å². The first-order valence-corrected chi connectivity index (χ1v) is 18.7. The third-order valence-corrected chi connectivity index (χ3v) is 8.65. The molecule has 1 heterocycles. The highest BCUT2D eigenvalue weighted by molar-refractivity contribution is 6.44. The molecule has 0 saturated carbocycles. The third-order valence-electron chi connectivity index (χ3n) is 7.58. The van der Waals surface area contributed by atoms with Crippen LogP contribution in [0.3, 0.4) is 0 Å². The molecule has 2 amide bonds. The maximum atomic E-state index is 11.9. The van der Waals surface area contributed by atoms with Gasteiger partial charge in [-0.1, -0.05) is 46.9 Å². The molecule has 22 nitrogen and oxygen atoms in total. The van der Waals surface area contributed by atoms with E-state index in [1.807, 2.05) is 0 Å². The molecule has 64 heavy (non-hydrogen) atoms. The molecule has 3 aromatic carbocycles. The van der Waals surface area contributed by atoms with E-state index in [1.165, 1.54) is 31.2 Å². The molecule has 0 bridgehead atoms. The molecular weight excluding hydrogens is 921 g/mol. The van der Waals surface area contributed by atoms with Crippen LogP contribution in [-0.2, 0) is 14.4 Å². The first-order chi connectivity index (χ1) is 29.9. The summed E-state index contributed by atoms with van der Waals surface area (Å²) in [6.45, 7) is 0.575. The summed E-state index contributed by atoms with van der Waals surface area (Å²) in [4.78, 5) is 78.2. The number of halogens is 3. The molecule has 0 aliphatic rings. The largest absolute Gasteiger partial charge is 0.479 e. The Morgan fingerprint density at radius 1 is 0.672 bits per heavy atom. The molecule has 25 heteroatoms. The Balaban J connectivity index is 0.000000437. The number of ether oxygens (including phenoxy) is 1. The van der Waals surface area contributed by atoms with Gasteiger partial charge in [-0.05, 0) is 73.7 Å². The smallest absolute Gasteiger partial charge is 0.372 e. The van der Waals surface area contributed by atoms with Gasteiger partial charge in [0.1, 0.15) is 35.9 Å². The molecule has 1 unspecified atom stereocenters. The number of ketones is 1. The van der Waals surface area contributed by atoms with Crippen molar-refractivity contribution in [1.82, 2.24) is 4.98 Å². The minimum Gasteiger partial charge on any atom is -0.479 e. The number of nitrogens with zero attached hydrogens (tertiary/aromatic N) is 1. The van der Waals surface area contributed by atoms with Crippen LogP contribution in [0.5, 0.6) is 5.75 Å². The van der Waals surface area contributed by atoms with Crippen LogP contribution >= 0.6 is 34.8 Å². The van der Waals surface area contributed by atoms with Gasteiger partial charge in [0.2, 0.25) is 5.78 Å². The van der Waals surface area contributed by atoms with Crippen molar-refractivity contribution in [3.05, 3.63) is 117 Å². The van der Waals surface area contributed by atoms with Gasteiger partial charge in [-0.3, -0.25) is 4.79 Å². The second kappa shape index (κ2) is 27.6. The zero-order chi connectivity index (χ0) is 48.8. The van der Waals surface area contributed by atoms with Crippen molar-refractivity contribution < 1.29 is 94.5 Å². The summed E-state index contributed by atoms with van der Waals surface area (Å²) in [6.07, 6.45) is -10.4. The van der Waals surface area contributed by atoms with Crippen LogP contribution in [-0.4, -0.2) is 146 Å². The van der Waals surface area contributed by atoms with Crippen LogP contribution in [0.4, 0.5) is 16.2 Å². The third kappa shape index (κ3) is 19.7. The molecule has 0 aliphatic carbocycles. The normalized spacial score (nSPS) is 13.0. The Kier molecular flexibility index (Phi) is 23.9. The maximum Gasteiger partial charge on any atom is 0.372 e. The average molecular weight is 961 g/mol. The van der Waals surface area contributed by atoms with Crippen LogP contribution in [0.2, 0.25) is 15.1 Å². The first kappa shape index (κ1) is 55.5. The molecular formula is C39H40Cl3N3O19. The topological polar surface area (TPSA) is 388 Å². The zero-order valence-electron chi connectivity index (χ0n) is 32.7. The molecule has 1 aromatic heterocycles. The molecule has 0 fully saturated rings. The van der Waals surface area contributed by atoms with E-state index >= 15 is 0 Å². The predicted octanol–water partition coefficient (Wildman–Crippen LogP) is 2.83. The van der Waals surface area contributed by atoms with E-state index in [1.54, 1.807) is 48.5 Å². The molecule has 13 N–H and O–H groups in total. The van der Waals surface area contributed by atoms with Gasteiger partial charge in [0, 0.05) is 23.3 Å². The van der Waals surface area contributed by atoms with Crippen molar-refractivity contribution >= 4 is 87.8 Å². The number of aromatic carboxylic acids is 3. The molecule has 4 rings (SSSR count). The lowest BCUT2D eigenvalue weighted by Crippen LogP contribution is -2.50. The predicted molar refractivity (Wildman–Crippen MR) is 224 cm³/mol. The minimum absolute atomic E-state index is 0.0774. The van der Waals surface area contributed by atoms with Gasteiger partial charge in [-0.25, -0.2) is 33.8 Å². The number of aromatic nitrogens is 1. The van der Waals surface area contributed by atoms with Gasteiger partial charge in [-0.2, -0.15) is 0 Å². The Hall–Kier alpha value is -6.47. The van der Waals surface area contributed by atoms with E-state index in [-0.39, 0.29) is 21.8 Å². The summed E-state index contributed by atoms with van der Waals surface area (Å²) < 4.78 is 5.07. The highest BCUT2D eigenvalue weighted by Crippen LogP contribution is 2.29. The maximum absolute atomic E-state index is 11.9. The minimum atomic E-state index is -2.05. The monoisotopic (exact) mass is 959 g/mol. The fourth-order valence-corrected chi connectivity index (χ4v) is 4.70. The molecule has 6 atom stereocenters. The zero-order valence-corrected chi connectivity index (χ0v) is 35.0. The Morgan fingerprint density at radius 2 is 1.23 bits per heavy atom. The van der Waals surface area contributed by atoms with E-state index in [0.717, 1.165) is 12.3 Å². The molecule has 346 valence electrons. The van der Waals surface area contributed by atoms with Gasteiger partial charge >= 0.3 is 35.9 Å². The Bertz CT molecular complexity index is 2200. The van der Waals surface area contributed by atoms with Gasteiger partial charge in [0.25, 0.3) is 0 Å². The average Bonchev–Trinajstić information content (AvgIpc) is 3.25. The van der Waals surface area contributed by atoms with Crippen molar-refractivity contribution in [2.45, 2.75) is 50.0 Å². The van der Waals surface area contributed by atoms with Crippen LogP contribution in [0, 0.1) is 0 Å². The number of benzene rings is 3. The Labute approximate surface area is 376 Å². The second-order valence-electron chi connectivity index (χ2n) is 12.4. The van der Waals surface area contributed by atoms with Crippen LogP contribution in [0.25, 0.3) is 0 Å². The first-order valence-electron chi connectivity index (χ1n) is 17.6. The highest BCUT2D eigenvalue weighted by Gasteiger charge is 2.35. The van der Waals surface area contributed by atoms with Crippen molar-refractivity contribution in [3.8, 4) is 5.75 Å². The lowest BCUT2D eigenvalue weighted by molar-refractivity contribution is -0.156. The van der Waals surface area contributed by atoms with Crippen LogP contribution in [0.15, 0.2) is 85.1 Å². The van der Waals surface area contributed by atoms with Crippen LogP contribution < -0.4 is 15.4 Å². The summed E-state index contributed by atoms with van der Waals surface area (Å²) in [5, 5.41) is 103. The fourth-order valence-electron chi connectivity index (χ4n) is 4.23. The summed E-state index contributed by atoms with van der Waals surface area (Å²) in [7, 11) is 0. The van der Waals surface area contributed by atoms with Gasteiger partial charge < -0.3 is 71.5 Å². The van der Waals surface area contributed by atoms with E-state index in [2.05, 4.69) is 15.6 Å². The van der Waals surface area contributed by atoms with E-state index in [4.69, 9.17) is 75.3 Å². The van der Waals surface area contributed by atoms with Crippen molar-refractivity contribution in [3.63, 3.8) is 0 Å². The lowest BCUT2D eigenvalue weighted by atomic mass is 9.97. The SMILES string of the molecule is CC(Oc1ccc(Cl)cc1)C(=O)O.O=C(Nc1cccc(C(=O)O)c1)Nc1cccc(Cl)c1Cl.O=C(O)C(=O)C[C@H](O)[C@@H](O)[C@@H](O)[C@H](O)[C@H](O)CO.O=C(O)c1ccnc(C(=O)O)c1. The van der Waals surface area contributed by atoms with Crippen molar-refractivity contribution in [2.24, 2.45) is 0 Å². The summed E-state index contributed by atoms with van der Waals surface area (Å²) >= 11 is 17.4. The number of aliphatic carboxylic acids is 2. The number of aliphatic hydroxyl groups excluding tert-OH is 6. The summed E-state index contributed by atoms with van der Waals surface area (Å²) in [6, 6.07) is 19.0. The number of anilines is 2. The van der Waals surface area contributed by atoms with Gasteiger partial charge in [0.05, 0.1) is 39.6 Å². The van der Waals surface area contributed by atoms with Gasteiger partial charge in [-0.15, -0.1) is 0 Å². The lowest BCUT2D eigenvalue weighted by Gasteiger charge is -2.28. The number of carboxylic acid groups (broad SMARTS) is 5. The molecule has 0 saturated heterocycles. The van der Waals surface area contributed by atoms with Crippen molar-refractivity contribution in [2.75, 3.05) is 17.2 Å². The number of aliphatic hydroxyl groups is 6. The Morgan fingerprint density at radius 3 is 1.77 bits per heavy atom. The molecule has 0 aliphatic heterocycles. The summed E-state index contributed by atoms with van der Waals surface area (Å²) in [5.41, 5.74) is 0.437. The number of urea groups is 1. The number of pyridine rings is 1. The quantitative estimate of drug-likeness (QED) is 0.0718. The van der Waals surface area contributed by atoms with Gasteiger partial charge in [0.15, 0.2) is 6.10 Å². The second-order valence-corrected chi connectivity index (χ2v) is 13.6.